The Morgan fingerprint density at radius 3 is 2.95 bits per heavy atom. The molecule has 0 aromatic carbocycles. The van der Waals surface area contributed by atoms with Gasteiger partial charge in [-0.1, -0.05) is 0 Å². The maximum Gasteiger partial charge on any atom is 0.272 e. The van der Waals surface area contributed by atoms with Crippen molar-refractivity contribution in [3.05, 3.63) is 32.5 Å². The molecule has 0 saturated carbocycles. The van der Waals surface area contributed by atoms with Crippen LogP contribution in [0.4, 0.5) is 0 Å². The lowest BCUT2D eigenvalue weighted by atomic mass is 10.0. The monoisotopic (exact) mass is 316 g/mol. The Bertz CT molecular complexity index is 694. The number of aromatic amines is 1. The minimum Gasteiger partial charge on any atom is -0.342 e. The summed E-state index contributed by atoms with van der Waals surface area (Å²) in [6, 6.07) is -0.0585. The van der Waals surface area contributed by atoms with E-state index in [0.29, 0.717) is 5.69 Å². The van der Waals surface area contributed by atoms with Crippen molar-refractivity contribution in [1.29, 1.82) is 0 Å². The third-order valence-corrected chi connectivity index (χ3v) is 5.94. The lowest BCUT2D eigenvalue weighted by Gasteiger charge is -2.10. The van der Waals surface area contributed by atoms with Gasteiger partial charge in [0.25, 0.3) is 5.91 Å². The summed E-state index contributed by atoms with van der Waals surface area (Å²) in [5.41, 5.74) is 4.04. The van der Waals surface area contributed by atoms with Gasteiger partial charge < -0.3 is 5.32 Å². The molecule has 0 aliphatic heterocycles. The molecular formula is C16H20N4OS. The van der Waals surface area contributed by atoms with Gasteiger partial charge in [-0.2, -0.15) is 5.10 Å². The zero-order valence-electron chi connectivity index (χ0n) is 12.7. The highest BCUT2D eigenvalue weighted by Gasteiger charge is 2.25. The molecule has 5 nitrogen and oxygen atoms in total. The van der Waals surface area contributed by atoms with Crippen molar-refractivity contribution in [2.75, 3.05) is 0 Å². The Kier molecular flexibility index (Phi) is 3.48. The fourth-order valence-electron chi connectivity index (χ4n) is 3.39. The fraction of sp³-hybridized carbons (Fsp3) is 0.562. The number of aromatic nitrogens is 3. The van der Waals surface area contributed by atoms with Crippen LogP contribution in [0.2, 0.25) is 0 Å². The topological polar surface area (TPSA) is 70.7 Å². The Hall–Kier alpha value is -1.69. The summed E-state index contributed by atoms with van der Waals surface area (Å²) in [5, 5.41) is 11.3. The van der Waals surface area contributed by atoms with E-state index in [9.17, 15) is 4.79 Å². The molecule has 116 valence electrons. The Labute approximate surface area is 133 Å². The minimum absolute atomic E-state index is 0.0585. The summed E-state index contributed by atoms with van der Waals surface area (Å²) in [4.78, 5) is 18.6. The van der Waals surface area contributed by atoms with Crippen LogP contribution in [0.25, 0.3) is 0 Å². The highest BCUT2D eigenvalue weighted by molar-refractivity contribution is 7.11. The first-order valence-corrected chi connectivity index (χ1v) is 8.89. The Balaban J connectivity index is 1.50. The first-order valence-electron chi connectivity index (χ1n) is 8.08. The number of hydrogen-bond acceptors (Lipinski definition) is 4. The van der Waals surface area contributed by atoms with Crippen molar-refractivity contribution >= 4 is 17.2 Å². The molecular weight excluding hydrogens is 296 g/mol. The van der Waals surface area contributed by atoms with E-state index in [0.717, 1.165) is 48.4 Å². The van der Waals surface area contributed by atoms with E-state index in [4.69, 9.17) is 4.98 Å². The highest BCUT2D eigenvalue weighted by atomic mass is 32.1. The summed E-state index contributed by atoms with van der Waals surface area (Å²) in [6.45, 7) is 2.01. The number of rotatable bonds is 3. The summed E-state index contributed by atoms with van der Waals surface area (Å²) >= 11 is 1.75. The lowest BCUT2D eigenvalue weighted by molar-refractivity contribution is 0.0934. The van der Waals surface area contributed by atoms with Gasteiger partial charge in [-0.3, -0.25) is 9.89 Å². The second-order valence-electron chi connectivity index (χ2n) is 6.21. The number of thiazole rings is 1. The minimum atomic E-state index is -0.0833. The third kappa shape index (κ3) is 2.35. The SMILES string of the molecule is C[C@@H](NC(=O)c1n[nH]c2c1CCC2)c1nc2c(s1)CCCC2. The number of aryl methyl sites for hydroxylation is 3. The number of fused-ring (bicyclic) bond motifs is 2. The molecule has 0 saturated heterocycles. The number of carbonyl (C=O) groups is 1. The average molecular weight is 316 g/mol. The quantitative estimate of drug-likeness (QED) is 0.914. The maximum absolute atomic E-state index is 12.5. The number of hydrogen-bond donors (Lipinski definition) is 2. The Morgan fingerprint density at radius 2 is 2.09 bits per heavy atom. The van der Waals surface area contributed by atoms with Gasteiger partial charge in [0.2, 0.25) is 0 Å². The lowest BCUT2D eigenvalue weighted by Crippen LogP contribution is -2.27. The highest BCUT2D eigenvalue weighted by Crippen LogP contribution is 2.30. The van der Waals surface area contributed by atoms with Gasteiger partial charge in [0.15, 0.2) is 5.69 Å². The summed E-state index contributed by atoms with van der Waals surface area (Å²) in [5.74, 6) is -0.0833. The molecule has 0 spiro atoms. The van der Waals surface area contributed by atoms with E-state index in [1.807, 2.05) is 6.92 Å². The predicted molar refractivity (Wildman–Crippen MR) is 85.2 cm³/mol. The normalized spacial score (nSPS) is 17.9. The molecule has 0 bridgehead atoms. The van der Waals surface area contributed by atoms with Gasteiger partial charge in [-0.15, -0.1) is 11.3 Å². The molecule has 2 aromatic heterocycles. The van der Waals surface area contributed by atoms with Crippen LogP contribution in [-0.2, 0) is 25.7 Å². The molecule has 2 aliphatic rings. The molecule has 1 atom stereocenters. The molecule has 0 radical (unpaired) electrons. The number of carbonyl (C=O) groups excluding carboxylic acids is 1. The van der Waals surface area contributed by atoms with Crippen LogP contribution in [0.3, 0.4) is 0 Å². The molecule has 4 rings (SSSR count). The number of amides is 1. The van der Waals surface area contributed by atoms with E-state index < -0.39 is 0 Å². The third-order valence-electron chi connectivity index (χ3n) is 4.60. The molecule has 2 aliphatic carbocycles. The molecule has 2 N–H and O–H groups in total. The van der Waals surface area contributed by atoms with Crippen molar-refractivity contribution in [2.45, 2.75) is 57.9 Å². The van der Waals surface area contributed by atoms with Crippen molar-refractivity contribution in [1.82, 2.24) is 20.5 Å². The van der Waals surface area contributed by atoms with Crippen LogP contribution in [0, 0.1) is 0 Å². The van der Waals surface area contributed by atoms with Crippen molar-refractivity contribution < 1.29 is 4.79 Å². The van der Waals surface area contributed by atoms with Crippen molar-refractivity contribution in [3.63, 3.8) is 0 Å². The van der Waals surface area contributed by atoms with E-state index in [2.05, 4.69) is 15.5 Å². The number of nitrogens with one attached hydrogen (secondary N) is 2. The van der Waals surface area contributed by atoms with E-state index in [1.165, 1.54) is 23.4 Å². The molecule has 2 heterocycles. The predicted octanol–water partition coefficient (Wildman–Crippen LogP) is 2.72. The standard InChI is InChI=1S/C16H20N4OS/c1-9(16-18-12-6-2-3-8-13(12)22-16)17-15(21)14-10-5-4-7-11(10)19-20-14/h9H,2-8H2,1H3,(H,17,21)(H,19,20)/t9-/m1/s1. The van der Waals surface area contributed by atoms with Gasteiger partial charge >= 0.3 is 0 Å². The maximum atomic E-state index is 12.5. The average Bonchev–Trinajstić information content (AvgIpc) is 3.21. The van der Waals surface area contributed by atoms with E-state index in [1.54, 1.807) is 11.3 Å². The summed E-state index contributed by atoms with van der Waals surface area (Å²) in [7, 11) is 0. The summed E-state index contributed by atoms with van der Waals surface area (Å²) < 4.78 is 0. The molecule has 6 heteroatoms. The second-order valence-corrected chi connectivity index (χ2v) is 7.32. The van der Waals surface area contributed by atoms with Crippen LogP contribution in [0.5, 0.6) is 0 Å². The largest absolute Gasteiger partial charge is 0.342 e. The van der Waals surface area contributed by atoms with Crippen molar-refractivity contribution in [3.8, 4) is 0 Å². The molecule has 2 aromatic rings. The molecule has 0 fully saturated rings. The molecule has 1 amide bonds. The summed E-state index contributed by atoms with van der Waals surface area (Å²) in [6.07, 6.45) is 7.78. The number of nitrogens with zero attached hydrogens (tertiary/aromatic N) is 2. The van der Waals surface area contributed by atoms with Crippen molar-refractivity contribution in [2.24, 2.45) is 0 Å². The van der Waals surface area contributed by atoms with Crippen LogP contribution < -0.4 is 5.32 Å². The first kappa shape index (κ1) is 13.9. The van der Waals surface area contributed by atoms with E-state index in [-0.39, 0.29) is 11.9 Å². The Morgan fingerprint density at radius 1 is 1.23 bits per heavy atom. The fourth-order valence-corrected chi connectivity index (χ4v) is 4.55. The van der Waals surface area contributed by atoms with Gasteiger partial charge in [0.05, 0.1) is 11.7 Å². The van der Waals surface area contributed by atoms with Crippen LogP contribution in [0.1, 0.15) is 69.6 Å². The van der Waals surface area contributed by atoms with Gasteiger partial charge in [-0.05, 0) is 51.9 Å². The zero-order chi connectivity index (χ0) is 15.1. The second kappa shape index (κ2) is 5.50. The van der Waals surface area contributed by atoms with Crippen LogP contribution >= 0.6 is 11.3 Å². The molecule has 22 heavy (non-hydrogen) atoms. The number of H-pyrrole nitrogens is 1. The van der Waals surface area contributed by atoms with E-state index >= 15 is 0 Å². The zero-order valence-corrected chi connectivity index (χ0v) is 13.6. The molecule has 0 unspecified atom stereocenters. The smallest absolute Gasteiger partial charge is 0.272 e. The van der Waals surface area contributed by atoms with Crippen LogP contribution in [0.15, 0.2) is 0 Å². The van der Waals surface area contributed by atoms with Gasteiger partial charge in [-0.25, -0.2) is 4.98 Å². The first-order chi connectivity index (χ1) is 10.7. The van der Waals surface area contributed by atoms with Gasteiger partial charge in [0, 0.05) is 16.1 Å². The van der Waals surface area contributed by atoms with Gasteiger partial charge in [0.1, 0.15) is 5.01 Å². The van der Waals surface area contributed by atoms with Crippen LogP contribution in [-0.4, -0.2) is 21.1 Å².